The summed E-state index contributed by atoms with van der Waals surface area (Å²) in [6, 6.07) is 3.42. The number of ether oxygens (including phenoxy) is 2. The minimum Gasteiger partial charge on any atom is -0.493 e. The Kier molecular flexibility index (Phi) is 4.57. The lowest BCUT2D eigenvalue weighted by atomic mass is 10.0. The fraction of sp³-hybridized carbons (Fsp3) is 0.348. The van der Waals surface area contributed by atoms with Gasteiger partial charge in [0.05, 0.1) is 31.1 Å². The number of halogens is 1. The maximum absolute atomic E-state index is 14.5. The fourth-order valence-corrected chi connectivity index (χ4v) is 4.51. The van der Waals surface area contributed by atoms with Crippen LogP contribution in [-0.2, 0) is 17.7 Å². The highest BCUT2D eigenvalue weighted by molar-refractivity contribution is 5.77. The van der Waals surface area contributed by atoms with Crippen molar-refractivity contribution < 1.29 is 13.9 Å². The number of imidazole rings is 1. The summed E-state index contributed by atoms with van der Waals surface area (Å²) in [6.07, 6.45) is 9.27. The van der Waals surface area contributed by atoms with Crippen LogP contribution < -0.4 is 10.1 Å². The molecule has 3 aromatic heterocycles. The summed E-state index contributed by atoms with van der Waals surface area (Å²) in [7, 11) is 0. The van der Waals surface area contributed by atoms with Gasteiger partial charge in [-0.2, -0.15) is 5.10 Å². The summed E-state index contributed by atoms with van der Waals surface area (Å²) in [5.41, 5.74) is 5.06. The minimum atomic E-state index is -0.236. The number of rotatable bonds is 5. The monoisotopic (exact) mass is 434 g/mol. The molecular formula is C23H23FN6O2. The highest BCUT2D eigenvalue weighted by atomic mass is 19.1. The zero-order valence-electron chi connectivity index (χ0n) is 17.7. The van der Waals surface area contributed by atoms with Crippen molar-refractivity contribution >= 4 is 11.6 Å². The largest absolute Gasteiger partial charge is 0.493 e. The predicted octanol–water partition coefficient (Wildman–Crippen LogP) is 3.55. The first-order valence-electron chi connectivity index (χ1n) is 10.8. The second kappa shape index (κ2) is 7.59. The number of nitrogens with zero attached hydrogens (tertiary/aromatic N) is 5. The van der Waals surface area contributed by atoms with Crippen LogP contribution in [-0.4, -0.2) is 44.0 Å². The quantitative estimate of drug-likeness (QED) is 0.518. The lowest BCUT2D eigenvalue weighted by molar-refractivity contribution is 0.184. The molecule has 0 aliphatic carbocycles. The van der Waals surface area contributed by atoms with Gasteiger partial charge in [-0.3, -0.25) is 9.08 Å². The van der Waals surface area contributed by atoms with Crippen LogP contribution in [0.25, 0.3) is 16.8 Å². The van der Waals surface area contributed by atoms with Crippen molar-refractivity contribution in [2.75, 3.05) is 25.1 Å². The van der Waals surface area contributed by atoms with Crippen LogP contribution in [0.15, 0.2) is 36.9 Å². The molecule has 4 aromatic rings. The van der Waals surface area contributed by atoms with Crippen LogP contribution in [0.2, 0.25) is 0 Å². The Morgan fingerprint density at radius 2 is 2.16 bits per heavy atom. The third kappa shape index (κ3) is 3.20. The van der Waals surface area contributed by atoms with E-state index in [4.69, 9.17) is 14.5 Å². The molecular weight excluding hydrogens is 411 g/mol. The number of benzene rings is 1. The standard InChI is InChI=1S/C23H23FN6O2/c1-14-11-29-22(28-14)18(15-8-27-30(12-15)16-4-6-31-13-16)9-25-23(29)26-10-19-17-5-7-32-21(17)3-2-20(19)24/h2-3,8-9,11-12,16H,4-7,10,13H2,1H3,(H,25,26). The van der Waals surface area contributed by atoms with Crippen molar-refractivity contribution in [3.05, 3.63) is 59.6 Å². The predicted molar refractivity (Wildman–Crippen MR) is 116 cm³/mol. The van der Waals surface area contributed by atoms with E-state index in [0.717, 1.165) is 46.8 Å². The highest BCUT2D eigenvalue weighted by Gasteiger charge is 2.21. The molecule has 0 saturated carbocycles. The first kappa shape index (κ1) is 19.2. The van der Waals surface area contributed by atoms with E-state index in [1.54, 1.807) is 12.3 Å². The number of hydrogen-bond acceptors (Lipinski definition) is 6. The fourth-order valence-electron chi connectivity index (χ4n) is 4.51. The van der Waals surface area contributed by atoms with Gasteiger partial charge in [0, 0.05) is 60.4 Å². The average Bonchev–Trinajstić information content (AvgIpc) is 3.58. The molecule has 0 radical (unpaired) electrons. The first-order chi connectivity index (χ1) is 15.7. The third-order valence-electron chi connectivity index (χ3n) is 6.17. The molecule has 2 aliphatic heterocycles. The molecule has 164 valence electrons. The van der Waals surface area contributed by atoms with Gasteiger partial charge in [-0.05, 0) is 25.5 Å². The highest BCUT2D eigenvalue weighted by Crippen LogP contribution is 2.31. The summed E-state index contributed by atoms with van der Waals surface area (Å²) in [4.78, 5) is 9.35. The van der Waals surface area contributed by atoms with Crippen molar-refractivity contribution in [2.24, 2.45) is 0 Å². The van der Waals surface area contributed by atoms with E-state index in [0.29, 0.717) is 37.7 Å². The van der Waals surface area contributed by atoms with Crippen LogP contribution in [0.1, 0.15) is 29.3 Å². The SMILES string of the molecule is Cc1cn2c(NCc3c(F)ccc4c3CCO4)ncc(-c3cnn(C4CCOC4)c3)c2n1. The number of fused-ring (bicyclic) bond motifs is 2. The second-order valence-corrected chi connectivity index (χ2v) is 8.25. The van der Waals surface area contributed by atoms with E-state index in [2.05, 4.69) is 15.4 Å². The van der Waals surface area contributed by atoms with Gasteiger partial charge in [-0.25, -0.2) is 14.4 Å². The third-order valence-corrected chi connectivity index (χ3v) is 6.17. The number of aromatic nitrogens is 5. The summed E-state index contributed by atoms with van der Waals surface area (Å²) < 4.78 is 29.5. The molecule has 5 heterocycles. The van der Waals surface area contributed by atoms with Gasteiger partial charge in [0.1, 0.15) is 17.2 Å². The smallest absolute Gasteiger partial charge is 0.208 e. The van der Waals surface area contributed by atoms with Crippen LogP contribution in [0, 0.1) is 12.7 Å². The number of nitrogens with one attached hydrogen (secondary N) is 1. The van der Waals surface area contributed by atoms with Gasteiger partial charge in [0.15, 0.2) is 0 Å². The lowest BCUT2D eigenvalue weighted by Crippen LogP contribution is -2.10. The Hall–Kier alpha value is -3.46. The summed E-state index contributed by atoms with van der Waals surface area (Å²) in [5.74, 6) is 1.14. The summed E-state index contributed by atoms with van der Waals surface area (Å²) in [6.45, 7) is 4.30. The van der Waals surface area contributed by atoms with Gasteiger partial charge < -0.3 is 14.8 Å². The van der Waals surface area contributed by atoms with E-state index in [1.165, 1.54) is 6.07 Å². The number of hydrogen-bond donors (Lipinski definition) is 1. The topological polar surface area (TPSA) is 78.5 Å². The van der Waals surface area contributed by atoms with Crippen molar-refractivity contribution in [1.82, 2.24) is 24.1 Å². The number of aryl methyl sites for hydroxylation is 1. The maximum atomic E-state index is 14.5. The molecule has 2 aliphatic rings. The average molecular weight is 434 g/mol. The van der Waals surface area contributed by atoms with Crippen LogP contribution in [0.3, 0.4) is 0 Å². The van der Waals surface area contributed by atoms with Crippen molar-refractivity contribution in [1.29, 1.82) is 0 Å². The molecule has 9 heteroatoms. The molecule has 1 atom stereocenters. The van der Waals surface area contributed by atoms with Crippen LogP contribution in [0.5, 0.6) is 5.75 Å². The number of anilines is 1. The van der Waals surface area contributed by atoms with Crippen LogP contribution in [0.4, 0.5) is 10.3 Å². The maximum Gasteiger partial charge on any atom is 0.208 e. The molecule has 1 aromatic carbocycles. The molecule has 1 N–H and O–H groups in total. The van der Waals surface area contributed by atoms with Gasteiger partial charge in [0.25, 0.3) is 0 Å². The van der Waals surface area contributed by atoms with Crippen molar-refractivity contribution in [3.63, 3.8) is 0 Å². The minimum absolute atomic E-state index is 0.236. The Morgan fingerprint density at radius 1 is 1.22 bits per heavy atom. The van der Waals surface area contributed by atoms with Gasteiger partial charge in [-0.15, -0.1) is 0 Å². The van der Waals surface area contributed by atoms with E-state index in [1.807, 2.05) is 34.6 Å². The Balaban J connectivity index is 1.33. The van der Waals surface area contributed by atoms with Crippen molar-refractivity contribution in [3.8, 4) is 16.9 Å². The van der Waals surface area contributed by atoms with Gasteiger partial charge in [0.2, 0.25) is 5.95 Å². The van der Waals surface area contributed by atoms with E-state index >= 15 is 0 Å². The van der Waals surface area contributed by atoms with Crippen molar-refractivity contribution in [2.45, 2.75) is 32.4 Å². The molecule has 32 heavy (non-hydrogen) atoms. The molecule has 1 fully saturated rings. The molecule has 8 nitrogen and oxygen atoms in total. The zero-order chi connectivity index (χ0) is 21.7. The van der Waals surface area contributed by atoms with E-state index in [9.17, 15) is 4.39 Å². The second-order valence-electron chi connectivity index (χ2n) is 8.25. The first-order valence-corrected chi connectivity index (χ1v) is 10.8. The molecule has 0 amide bonds. The molecule has 1 unspecified atom stereocenters. The van der Waals surface area contributed by atoms with E-state index < -0.39 is 0 Å². The normalized spacial score (nSPS) is 17.6. The summed E-state index contributed by atoms with van der Waals surface area (Å²) >= 11 is 0. The molecule has 0 spiro atoms. The summed E-state index contributed by atoms with van der Waals surface area (Å²) in [5, 5.41) is 7.83. The molecule has 0 bridgehead atoms. The zero-order valence-corrected chi connectivity index (χ0v) is 17.7. The van der Waals surface area contributed by atoms with Crippen LogP contribution >= 0.6 is 0 Å². The Labute approximate surface area is 184 Å². The molecule has 1 saturated heterocycles. The molecule has 6 rings (SSSR count). The van der Waals surface area contributed by atoms with Gasteiger partial charge >= 0.3 is 0 Å². The van der Waals surface area contributed by atoms with Gasteiger partial charge in [-0.1, -0.05) is 0 Å². The van der Waals surface area contributed by atoms with E-state index in [-0.39, 0.29) is 11.9 Å². The Morgan fingerprint density at radius 3 is 3.03 bits per heavy atom. The lowest BCUT2D eigenvalue weighted by Gasteiger charge is -2.12. The Bertz CT molecular complexity index is 1310.